The molecular formula is C15H16N4O4. The van der Waals surface area contributed by atoms with E-state index in [1.54, 1.807) is 10.6 Å². The van der Waals surface area contributed by atoms with Crippen molar-refractivity contribution < 1.29 is 14.3 Å². The van der Waals surface area contributed by atoms with E-state index in [2.05, 4.69) is 21.5 Å². The van der Waals surface area contributed by atoms with Gasteiger partial charge in [-0.1, -0.05) is 6.08 Å². The lowest BCUT2D eigenvalue weighted by atomic mass is 10.0. The summed E-state index contributed by atoms with van der Waals surface area (Å²) < 4.78 is 12.8. The molecule has 120 valence electrons. The Morgan fingerprint density at radius 2 is 2.43 bits per heavy atom. The van der Waals surface area contributed by atoms with E-state index in [1.807, 2.05) is 12.2 Å². The fourth-order valence-electron chi connectivity index (χ4n) is 2.50. The minimum absolute atomic E-state index is 0.0853. The highest BCUT2D eigenvalue weighted by atomic mass is 16.6. The predicted molar refractivity (Wildman–Crippen MR) is 81.6 cm³/mol. The zero-order valence-electron chi connectivity index (χ0n) is 12.6. The van der Waals surface area contributed by atoms with Gasteiger partial charge >= 0.3 is 5.97 Å². The Labute approximate surface area is 131 Å². The third kappa shape index (κ3) is 2.80. The standard InChI is InChI=1S/C15H16N4O4/c1-3-5-15(7-22-10(2)20)6-4-11(23-15)19-9-18-12-13(19)16-8-17-14(12)21/h3-4,6,8-9,11H,1,5,7H2,2H3,(H,16,17,21)/t11-,15-/m1/s1. The smallest absolute Gasteiger partial charge is 0.302 e. The van der Waals surface area contributed by atoms with Gasteiger partial charge in [0, 0.05) is 13.3 Å². The number of hydrogen-bond donors (Lipinski definition) is 1. The third-order valence-electron chi connectivity index (χ3n) is 3.57. The van der Waals surface area contributed by atoms with Gasteiger partial charge in [0.2, 0.25) is 0 Å². The molecule has 0 unspecified atom stereocenters. The minimum atomic E-state index is -0.782. The number of ether oxygens (including phenoxy) is 2. The Hall–Kier alpha value is -2.74. The van der Waals surface area contributed by atoms with Crippen molar-refractivity contribution in [1.82, 2.24) is 19.5 Å². The van der Waals surface area contributed by atoms with Crippen LogP contribution in [-0.4, -0.2) is 37.7 Å². The number of nitrogens with zero attached hydrogens (tertiary/aromatic N) is 3. The summed E-state index contributed by atoms with van der Waals surface area (Å²) in [5.74, 6) is -0.379. The summed E-state index contributed by atoms with van der Waals surface area (Å²) >= 11 is 0. The van der Waals surface area contributed by atoms with Crippen molar-refractivity contribution in [3.8, 4) is 0 Å². The van der Waals surface area contributed by atoms with Gasteiger partial charge in [0.25, 0.3) is 5.56 Å². The molecule has 0 spiro atoms. The molecule has 2 atom stereocenters. The molecule has 1 aliphatic heterocycles. The molecule has 8 nitrogen and oxygen atoms in total. The minimum Gasteiger partial charge on any atom is -0.462 e. The quantitative estimate of drug-likeness (QED) is 0.654. The van der Waals surface area contributed by atoms with E-state index >= 15 is 0 Å². The maximum absolute atomic E-state index is 11.7. The van der Waals surface area contributed by atoms with Crippen molar-refractivity contribution in [1.29, 1.82) is 0 Å². The van der Waals surface area contributed by atoms with Crippen molar-refractivity contribution in [3.63, 3.8) is 0 Å². The fourth-order valence-corrected chi connectivity index (χ4v) is 2.50. The molecule has 0 aliphatic carbocycles. The van der Waals surface area contributed by atoms with Crippen LogP contribution in [0.2, 0.25) is 0 Å². The van der Waals surface area contributed by atoms with Crippen molar-refractivity contribution in [2.24, 2.45) is 0 Å². The molecule has 0 amide bonds. The summed E-state index contributed by atoms with van der Waals surface area (Å²) in [4.78, 5) is 33.5. The van der Waals surface area contributed by atoms with Gasteiger partial charge in [-0.25, -0.2) is 9.97 Å². The number of imidazole rings is 1. The second-order valence-corrected chi connectivity index (χ2v) is 5.26. The number of carbonyl (C=O) groups is 1. The van der Waals surface area contributed by atoms with Gasteiger partial charge in [-0.15, -0.1) is 6.58 Å². The van der Waals surface area contributed by atoms with Crippen LogP contribution in [0.25, 0.3) is 11.2 Å². The van der Waals surface area contributed by atoms with Crippen molar-refractivity contribution in [3.05, 3.63) is 47.8 Å². The van der Waals surface area contributed by atoms with E-state index < -0.39 is 11.8 Å². The highest BCUT2D eigenvalue weighted by molar-refractivity contribution is 5.69. The van der Waals surface area contributed by atoms with Gasteiger partial charge < -0.3 is 14.5 Å². The van der Waals surface area contributed by atoms with E-state index in [-0.39, 0.29) is 23.7 Å². The first kappa shape index (κ1) is 15.2. The van der Waals surface area contributed by atoms with E-state index in [0.717, 1.165) is 0 Å². The summed E-state index contributed by atoms with van der Waals surface area (Å²) in [6.07, 6.45) is 8.15. The average Bonchev–Trinajstić information content (AvgIpc) is 3.11. The van der Waals surface area contributed by atoms with Gasteiger partial charge in [0.1, 0.15) is 12.2 Å². The molecule has 2 aromatic heterocycles. The van der Waals surface area contributed by atoms with Crippen molar-refractivity contribution >= 4 is 17.1 Å². The van der Waals surface area contributed by atoms with E-state index in [9.17, 15) is 9.59 Å². The van der Waals surface area contributed by atoms with Crippen LogP contribution >= 0.6 is 0 Å². The molecule has 0 radical (unpaired) electrons. The number of hydrogen-bond acceptors (Lipinski definition) is 6. The molecule has 0 saturated carbocycles. The average molecular weight is 316 g/mol. The highest BCUT2D eigenvalue weighted by Crippen LogP contribution is 2.34. The Bertz CT molecular complexity index is 837. The first-order valence-corrected chi connectivity index (χ1v) is 7.06. The molecule has 23 heavy (non-hydrogen) atoms. The number of aromatic nitrogens is 4. The Morgan fingerprint density at radius 1 is 1.61 bits per heavy atom. The maximum atomic E-state index is 11.7. The lowest BCUT2D eigenvalue weighted by Crippen LogP contribution is -2.34. The molecule has 8 heteroatoms. The SMILES string of the molecule is C=CC[C@]1(COC(C)=O)C=C[C@H](n2cnc3c(=O)[nH]cnc32)O1. The van der Waals surface area contributed by atoms with Gasteiger partial charge in [-0.05, 0) is 12.2 Å². The number of aromatic amines is 1. The molecule has 2 aromatic rings. The molecule has 1 aliphatic rings. The largest absolute Gasteiger partial charge is 0.462 e. The fraction of sp³-hybridized carbons (Fsp3) is 0.333. The lowest BCUT2D eigenvalue weighted by molar-refractivity contribution is -0.152. The van der Waals surface area contributed by atoms with Crippen LogP contribution < -0.4 is 5.56 Å². The number of carbonyl (C=O) groups excluding carboxylic acids is 1. The van der Waals surface area contributed by atoms with Crippen LogP contribution in [-0.2, 0) is 14.3 Å². The first-order valence-electron chi connectivity index (χ1n) is 7.06. The van der Waals surface area contributed by atoms with E-state index in [1.165, 1.54) is 19.6 Å². The number of fused-ring (bicyclic) bond motifs is 1. The Kier molecular flexibility index (Phi) is 3.83. The summed E-state index contributed by atoms with van der Waals surface area (Å²) in [6.45, 7) is 5.14. The van der Waals surface area contributed by atoms with Gasteiger partial charge in [-0.2, -0.15) is 0 Å². The predicted octanol–water partition coefficient (Wildman–Crippen LogP) is 1.08. The van der Waals surface area contributed by atoms with Crippen molar-refractivity contribution in [2.45, 2.75) is 25.2 Å². The van der Waals surface area contributed by atoms with Crippen LogP contribution in [0.1, 0.15) is 19.6 Å². The van der Waals surface area contributed by atoms with Crippen LogP contribution in [0.15, 0.2) is 42.3 Å². The first-order chi connectivity index (χ1) is 11.0. The zero-order valence-corrected chi connectivity index (χ0v) is 12.6. The third-order valence-corrected chi connectivity index (χ3v) is 3.57. The highest BCUT2D eigenvalue weighted by Gasteiger charge is 2.37. The zero-order chi connectivity index (χ0) is 16.4. The van der Waals surface area contributed by atoms with Crippen LogP contribution in [0, 0.1) is 0 Å². The normalized spacial score (nSPS) is 23.3. The van der Waals surface area contributed by atoms with E-state index in [0.29, 0.717) is 12.1 Å². The maximum Gasteiger partial charge on any atom is 0.302 e. The second-order valence-electron chi connectivity index (χ2n) is 5.26. The van der Waals surface area contributed by atoms with E-state index in [4.69, 9.17) is 9.47 Å². The Balaban J connectivity index is 1.89. The molecule has 3 rings (SSSR count). The van der Waals surface area contributed by atoms with Crippen molar-refractivity contribution in [2.75, 3.05) is 6.61 Å². The summed E-state index contributed by atoms with van der Waals surface area (Å²) in [7, 11) is 0. The number of nitrogens with one attached hydrogen (secondary N) is 1. The molecule has 1 N–H and O–H groups in total. The molecule has 0 fully saturated rings. The summed E-state index contributed by atoms with van der Waals surface area (Å²) in [5, 5.41) is 0. The molecule has 3 heterocycles. The van der Waals surface area contributed by atoms with Gasteiger partial charge in [0.15, 0.2) is 17.4 Å². The topological polar surface area (TPSA) is 99.1 Å². The molecule has 0 saturated heterocycles. The van der Waals surface area contributed by atoms with Gasteiger partial charge in [0.05, 0.1) is 12.7 Å². The number of H-pyrrole nitrogens is 1. The Morgan fingerprint density at radius 3 is 3.17 bits per heavy atom. The molecular weight excluding hydrogens is 300 g/mol. The van der Waals surface area contributed by atoms with Crippen LogP contribution in [0.3, 0.4) is 0 Å². The van der Waals surface area contributed by atoms with Crippen LogP contribution in [0.4, 0.5) is 0 Å². The second kappa shape index (κ2) is 5.81. The lowest BCUT2D eigenvalue weighted by Gasteiger charge is -2.27. The van der Waals surface area contributed by atoms with Crippen LogP contribution in [0.5, 0.6) is 0 Å². The summed E-state index contributed by atoms with van der Waals surface area (Å²) in [5.41, 5.74) is -0.431. The number of esters is 1. The summed E-state index contributed by atoms with van der Waals surface area (Å²) in [6, 6.07) is 0. The van der Waals surface area contributed by atoms with Gasteiger partial charge in [-0.3, -0.25) is 14.2 Å². The molecule has 0 bridgehead atoms. The molecule has 0 aromatic carbocycles. The monoisotopic (exact) mass is 316 g/mol. The number of rotatable bonds is 5.